The van der Waals surface area contributed by atoms with Crippen LogP contribution < -0.4 is 5.32 Å². The Balaban J connectivity index is 2.05. The third-order valence-corrected chi connectivity index (χ3v) is 7.80. The van der Waals surface area contributed by atoms with E-state index in [9.17, 15) is 0 Å². The summed E-state index contributed by atoms with van der Waals surface area (Å²) in [4.78, 5) is 5.22. The summed E-state index contributed by atoms with van der Waals surface area (Å²) in [7, 11) is 1.95. The van der Waals surface area contributed by atoms with E-state index in [1.165, 1.54) is 29.5 Å². The number of hydrogen-bond donors (Lipinski definition) is 1. The Morgan fingerprint density at radius 3 is 2.24 bits per heavy atom. The van der Waals surface area contributed by atoms with Gasteiger partial charge < -0.3 is 5.32 Å². The van der Waals surface area contributed by atoms with E-state index in [0.717, 1.165) is 12.1 Å². The van der Waals surface area contributed by atoms with E-state index in [0.29, 0.717) is 0 Å². The summed E-state index contributed by atoms with van der Waals surface area (Å²) in [6.45, 7) is 6.70. The van der Waals surface area contributed by atoms with Crippen LogP contribution >= 0.6 is 20.7 Å². The standard InChI is InChI=1S/C26H29IN2/c1-5-21-11-9-10-14-25(21)19(2)27-26(23-15-17-24(28-4)18-16-23)29-20(3)22-12-7-6-8-13-22/h6-18,20,28H,5H2,1-4H3. The lowest BCUT2D eigenvalue weighted by atomic mass is 10.0. The highest BCUT2D eigenvalue weighted by Crippen LogP contribution is 2.25. The molecule has 1 N–H and O–H groups in total. The zero-order valence-corrected chi connectivity index (χ0v) is 19.8. The highest BCUT2D eigenvalue weighted by Gasteiger charge is 2.10. The molecule has 0 saturated heterocycles. The molecule has 1 atom stereocenters. The van der Waals surface area contributed by atoms with Gasteiger partial charge in [-0.05, 0) is 52.6 Å². The lowest BCUT2D eigenvalue weighted by Crippen LogP contribution is -2.02. The van der Waals surface area contributed by atoms with Crippen molar-refractivity contribution in [3.05, 3.63) is 101 Å². The van der Waals surface area contributed by atoms with Gasteiger partial charge in [0.2, 0.25) is 0 Å². The topological polar surface area (TPSA) is 24.4 Å². The van der Waals surface area contributed by atoms with Gasteiger partial charge in [-0.1, -0.05) is 94.4 Å². The maximum atomic E-state index is 5.22. The van der Waals surface area contributed by atoms with Crippen molar-refractivity contribution in [3.8, 4) is 0 Å². The van der Waals surface area contributed by atoms with Crippen LogP contribution in [-0.2, 0) is 6.42 Å². The summed E-state index contributed by atoms with van der Waals surface area (Å²) >= 11 is -0.378. The summed E-state index contributed by atoms with van der Waals surface area (Å²) in [5, 5.41) is 3.21. The average Bonchev–Trinajstić information content (AvgIpc) is 2.79. The van der Waals surface area contributed by atoms with Crippen molar-refractivity contribution in [1.29, 1.82) is 0 Å². The zero-order chi connectivity index (χ0) is 20.6. The molecule has 0 radical (unpaired) electrons. The molecule has 3 aromatic carbocycles. The van der Waals surface area contributed by atoms with Crippen molar-refractivity contribution in [2.75, 3.05) is 12.4 Å². The molecule has 0 aliphatic rings. The van der Waals surface area contributed by atoms with Gasteiger partial charge in [0.25, 0.3) is 0 Å². The van der Waals surface area contributed by atoms with E-state index in [1.54, 1.807) is 0 Å². The van der Waals surface area contributed by atoms with Crippen molar-refractivity contribution in [2.24, 2.45) is 4.99 Å². The summed E-state index contributed by atoms with van der Waals surface area (Å²) < 4.78 is 2.71. The number of anilines is 1. The SMILES string of the molecule is CCc1ccccc1C(C)=IC(=NC(C)c1ccccc1)c1ccc(NC)cc1. The number of hydrogen-bond acceptors (Lipinski definition) is 2. The summed E-state index contributed by atoms with van der Waals surface area (Å²) in [5.41, 5.74) is 6.43. The van der Waals surface area contributed by atoms with Gasteiger partial charge in [0.05, 0.1) is 9.76 Å². The van der Waals surface area contributed by atoms with E-state index in [2.05, 4.69) is 105 Å². The maximum absolute atomic E-state index is 5.22. The van der Waals surface area contributed by atoms with E-state index in [1.807, 2.05) is 7.05 Å². The van der Waals surface area contributed by atoms with E-state index in [-0.39, 0.29) is 26.8 Å². The largest absolute Gasteiger partial charge is 0.388 e. The molecule has 0 fully saturated rings. The quantitative estimate of drug-likeness (QED) is 0.276. The monoisotopic (exact) mass is 496 g/mol. The Hall–Kier alpha value is -2.27. The fourth-order valence-corrected chi connectivity index (χ4v) is 6.07. The third-order valence-electron chi connectivity index (χ3n) is 5.00. The van der Waals surface area contributed by atoms with Gasteiger partial charge in [-0.15, -0.1) is 0 Å². The molecule has 0 aromatic heterocycles. The van der Waals surface area contributed by atoms with Gasteiger partial charge in [-0.2, -0.15) is 0 Å². The van der Waals surface area contributed by atoms with Gasteiger partial charge in [0.15, 0.2) is 0 Å². The molecule has 3 rings (SSSR count). The van der Waals surface area contributed by atoms with Crippen molar-refractivity contribution >= 4 is 33.6 Å². The molecule has 150 valence electrons. The lowest BCUT2D eigenvalue weighted by Gasteiger charge is -2.12. The van der Waals surface area contributed by atoms with Gasteiger partial charge in [0.1, 0.15) is 0 Å². The number of aliphatic imine (C=N–C) groups is 1. The molecule has 0 amide bonds. The number of rotatable bonds is 7. The van der Waals surface area contributed by atoms with Crippen molar-refractivity contribution < 1.29 is 0 Å². The second-order valence-corrected chi connectivity index (χ2v) is 10.2. The van der Waals surface area contributed by atoms with E-state index >= 15 is 0 Å². The Kier molecular flexibility index (Phi) is 7.76. The van der Waals surface area contributed by atoms with E-state index < -0.39 is 0 Å². The summed E-state index contributed by atoms with van der Waals surface area (Å²) in [5.74, 6) is 0. The second kappa shape index (κ2) is 10.5. The molecule has 0 aliphatic heterocycles. The molecule has 0 heterocycles. The predicted molar refractivity (Wildman–Crippen MR) is 137 cm³/mol. The van der Waals surface area contributed by atoms with E-state index in [4.69, 9.17) is 4.99 Å². The second-order valence-electron chi connectivity index (χ2n) is 6.97. The van der Waals surface area contributed by atoms with Crippen LogP contribution in [0.3, 0.4) is 0 Å². The molecule has 0 bridgehead atoms. The van der Waals surface area contributed by atoms with Crippen molar-refractivity contribution in [1.82, 2.24) is 0 Å². The molecule has 0 saturated carbocycles. The van der Waals surface area contributed by atoms with Crippen LogP contribution in [-0.4, -0.2) is 14.3 Å². The first-order valence-electron chi connectivity index (χ1n) is 10.1. The zero-order valence-electron chi connectivity index (χ0n) is 17.6. The Labute approximate surface area is 184 Å². The van der Waals surface area contributed by atoms with Crippen molar-refractivity contribution in [2.45, 2.75) is 33.2 Å². The van der Waals surface area contributed by atoms with Crippen LogP contribution in [0.15, 0.2) is 83.9 Å². The molecule has 1 unspecified atom stereocenters. The Morgan fingerprint density at radius 1 is 0.931 bits per heavy atom. The van der Waals surface area contributed by atoms with Gasteiger partial charge in [0, 0.05) is 18.3 Å². The Bertz CT molecular complexity index is 989. The van der Waals surface area contributed by atoms with Gasteiger partial charge >= 0.3 is 0 Å². The normalized spacial score (nSPS) is 13.5. The maximum Gasteiger partial charge on any atom is 0.0980 e. The number of aryl methyl sites for hydroxylation is 1. The van der Waals surface area contributed by atoms with Gasteiger partial charge in [-0.25, -0.2) is 0 Å². The molecular formula is C26H29IN2. The van der Waals surface area contributed by atoms with Crippen LogP contribution in [0, 0.1) is 0 Å². The fraction of sp³-hybridized carbons (Fsp3) is 0.231. The van der Waals surface area contributed by atoms with Crippen molar-refractivity contribution in [3.63, 3.8) is 0 Å². The number of benzene rings is 3. The van der Waals surface area contributed by atoms with Crippen LogP contribution in [0.25, 0.3) is 0 Å². The average molecular weight is 496 g/mol. The van der Waals surface area contributed by atoms with Crippen LogP contribution in [0.5, 0.6) is 0 Å². The summed E-state index contributed by atoms with van der Waals surface area (Å²) in [6, 6.07) is 28.2. The third kappa shape index (κ3) is 5.63. The molecule has 29 heavy (non-hydrogen) atoms. The first-order chi connectivity index (χ1) is 14.1. The number of halogens is 1. The highest BCUT2D eigenvalue weighted by atomic mass is 127. The minimum Gasteiger partial charge on any atom is -0.388 e. The first kappa shape index (κ1) is 21.4. The molecule has 3 heteroatoms. The molecule has 0 spiro atoms. The van der Waals surface area contributed by atoms with Crippen LogP contribution in [0.4, 0.5) is 5.69 Å². The minimum atomic E-state index is -0.378. The number of nitrogens with one attached hydrogen (secondary N) is 1. The summed E-state index contributed by atoms with van der Waals surface area (Å²) in [6.07, 6.45) is 1.06. The Morgan fingerprint density at radius 2 is 1.59 bits per heavy atom. The van der Waals surface area contributed by atoms with Crippen LogP contribution in [0.1, 0.15) is 49.1 Å². The first-order valence-corrected chi connectivity index (χ1v) is 12.3. The molecule has 3 aromatic rings. The lowest BCUT2D eigenvalue weighted by molar-refractivity contribution is 0.824. The molecule has 2 nitrogen and oxygen atoms in total. The minimum absolute atomic E-state index is 0.143. The van der Waals surface area contributed by atoms with Crippen LogP contribution in [0.2, 0.25) is 0 Å². The molecule has 0 aliphatic carbocycles. The van der Waals surface area contributed by atoms with Gasteiger partial charge in [-0.3, -0.25) is 4.99 Å². The molecular weight excluding hydrogens is 467 g/mol. The predicted octanol–water partition coefficient (Wildman–Crippen LogP) is 7.01. The smallest absolute Gasteiger partial charge is 0.0980 e. The fourth-order valence-electron chi connectivity index (χ4n) is 3.25. The number of nitrogens with zero attached hydrogens (tertiary/aromatic N) is 1. The highest BCUT2D eigenvalue weighted by molar-refractivity contribution is 14.2.